The van der Waals surface area contributed by atoms with E-state index >= 15 is 0 Å². The summed E-state index contributed by atoms with van der Waals surface area (Å²) in [6.45, 7) is 1.77. The van der Waals surface area contributed by atoms with Crippen molar-refractivity contribution < 1.29 is 0 Å². The molecule has 0 unspecified atom stereocenters. The molecule has 1 aromatic heterocycles. The fraction of sp³-hybridized carbons (Fsp3) is 0.125. The number of halogens is 1. The Balaban J connectivity index is 3.11. The van der Waals surface area contributed by atoms with Crippen LogP contribution in [0.1, 0.15) is 12.5 Å². The zero-order chi connectivity index (χ0) is 7.40. The Morgan fingerprint density at radius 1 is 1.60 bits per heavy atom. The molecule has 1 nitrogen and oxygen atoms in total. The van der Waals surface area contributed by atoms with Crippen molar-refractivity contribution in [2.45, 2.75) is 6.92 Å². The third kappa shape index (κ3) is 1.49. The molecule has 0 aromatic carbocycles. The third-order valence-electron chi connectivity index (χ3n) is 1.02. The Morgan fingerprint density at radius 3 is 3.00 bits per heavy atom. The van der Waals surface area contributed by atoms with Gasteiger partial charge in [-0.05, 0) is 19.1 Å². The lowest BCUT2D eigenvalue weighted by Gasteiger charge is -1.90. The van der Waals surface area contributed by atoms with E-state index in [9.17, 15) is 0 Å². The summed E-state index contributed by atoms with van der Waals surface area (Å²) in [5, 5.41) is 0.469. The van der Waals surface area contributed by atoms with Crippen molar-refractivity contribution in [2.75, 3.05) is 0 Å². The molecule has 50 valence electrons. The molecule has 0 spiro atoms. The zero-order valence-electron chi connectivity index (χ0n) is 5.56. The van der Waals surface area contributed by atoms with Crippen LogP contribution in [-0.4, -0.2) is 4.98 Å². The molecule has 0 N–H and O–H groups in total. The molecule has 0 aliphatic carbocycles. The molecule has 0 aliphatic rings. The molecular formula is C8H6ClN. The summed E-state index contributed by atoms with van der Waals surface area (Å²) >= 11 is 5.69. The van der Waals surface area contributed by atoms with Crippen LogP contribution in [0.3, 0.4) is 0 Å². The van der Waals surface area contributed by atoms with Gasteiger partial charge >= 0.3 is 0 Å². The first-order chi connectivity index (χ1) is 4.84. The molecule has 0 amide bonds. The molecule has 2 heteroatoms. The predicted molar refractivity (Wildman–Crippen MR) is 41.8 cm³/mol. The number of hydrogen-bond acceptors (Lipinski definition) is 1. The maximum Gasteiger partial charge on any atom is 0.144 e. The minimum Gasteiger partial charge on any atom is -0.243 e. The summed E-state index contributed by atoms with van der Waals surface area (Å²) < 4.78 is 0. The molecule has 0 saturated carbocycles. The van der Waals surface area contributed by atoms with Gasteiger partial charge < -0.3 is 0 Å². The van der Waals surface area contributed by atoms with Gasteiger partial charge in [-0.15, -0.1) is 5.92 Å². The Labute approximate surface area is 65.0 Å². The van der Waals surface area contributed by atoms with E-state index in [0.717, 1.165) is 5.56 Å². The Morgan fingerprint density at radius 2 is 2.40 bits per heavy atom. The molecule has 0 saturated heterocycles. The number of pyridine rings is 1. The second kappa shape index (κ2) is 3.24. The first-order valence-corrected chi connectivity index (χ1v) is 3.25. The van der Waals surface area contributed by atoms with Crippen LogP contribution in [0, 0.1) is 11.8 Å². The predicted octanol–water partition coefficient (Wildman–Crippen LogP) is 2.11. The number of rotatable bonds is 0. The van der Waals surface area contributed by atoms with E-state index in [-0.39, 0.29) is 0 Å². The molecule has 1 heterocycles. The lowest BCUT2D eigenvalue weighted by atomic mass is 10.3. The second-order valence-electron chi connectivity index (χ2n) is 1.72. The van der Waals surface area contributed by atoms with Crippen LogP contribution in [0.25, 0.3) is 0 Å². The highest BCUT2D eigenvalue weighted by Gasteiger charge is 1.92. The van der Waals surface area contributed by atoms with Crippen LogP contribution in [0.4, 0.5) is 0 Å². The second-order valence-corrected chi connectivity index (χ2v) is 2.07. The van der Waals surface area contributed by atoms with Crippen LogP contribution < -0.4 is 0 Å². The van der Waals surface area contributed by atoms with E-state index < -0.39 is 0 Å². The smallest absolute Gasteiger partial charge is 0.144 e. The number of aromatic nitrogens is 1. The fourth-order valence-corrected chi connectivity index (χ4v) is 0.781. The van der Waals surface area contributed by atoms with Crippen molar-refractivity contribution in [3.05, 3.63) is 29.0 Å². The van der Waals surface area contributed by atoms with Crippen molar-refractivity contribution >= 4 is 11.6 Å². The van der Waals surface area contributed by atoms with Gasteiger partial charge in [-0.25, -0.2) is 4.98 Å². The first kappa shape index (κ1) is 7.11. The minimum atomic E-state index is 0.469. The van der Waals surface area contributed by atoms with E-state index in [4.69, 9.17) is 11.6 Å². The van der Waals surface area contributed by atoms with Gasteiger partial charge in [0.2, 0.25) is 0 Å². The summed E-state index contributed by atoms with van der Waals surface area (Å²) in [6.07, 6.45) is 1.64. The van der Waals surface area contributed by atoms with Crippen molar-refractivity contribution in [3.8, 4) is 11.8 Å². The summed E-state index contributed by atoms with van der Waals surface area (Å²) in [7, 11) is 0. The van der Waals surface area contributed by atoms with E-state index in [1.54, 1.807) is 13.1 Å². The molecule has 10 heavy (non-hydrogen) atoms. The van der Waals surface area contributed by atoms with Crippen LogP contribution in [-0.2, 0) is 0 Å². The largest absolute Gasteiger partial charge is 0.243 e. The monoisotopic (exact) mass is 151 g/mol. The van der Waals surface area contributed by atoms with Gasteiger partial charge in [0.05, 0.1) is 5.56 Å². The average Bonchev–Trinajstić information content (AvgIpc) is 1.94. The van der Waals surface area contributed by atoms with Crippen LogP contribution in [0.5, 0.6) is 0 Å². The lowest BCUT2D eigenvalue weighted by molar-refractivity contribution is 1.31. The van der Waals surface area contributed by atoms with Crippen molar-refractivity contribution in [2.24, 2.45) is 0 Å². The van der Waals surface area contributed by atoms with Crippen molar-refractivity contribution in [1.29, 1.82) is 0 Å². The third-order valence-corrected chi connectivity index (χ3v) is 1.32. The fourth-order valence-electron chi connectivity index (χ4n) is 0.614. The van der Waals surface area contributed by atoms with E-state index in [1.807, 2.05) is 12.1 Å². The van der Waals surface area contributed by atoms with Crippen molar-refractivity contribution in [1.82, 2.24) is 4.98 Å². The van der Waals surface area contributed by atoms with Crippen molar-refractivity contribution in [3.63, 3.8) is 0 Å². The van der Waals surface area contributed by atoms with E-state index in [1.165, 1.54) is 0 Å². The maximum atomic E-state index is 5.69. The normalized spacial score (nSPS) is 8.20. The summed E-state index contributed by atoms with van der Waals surface area (Å²) in [5.41, 5.74) is 0.784. The Bertz CT molecular complexity index is 283. The maximum absolute atomic E-state index is 5.69. The molecule has 1 rings (SSSR count). The van der Waals surface area contributed by atoms with Gasteiger partial charge in [0.1, 0.15) is 5.15 Å². The molecule has 0 bridgehead atoms. The summed E-state index contributed by atoms with van der Waals surface area (Å²) in [6, 6.07) is 3.65. The van der Waals surface area contributed by atoms with Crippen LogP contribution in [0.15, 0.2) is 18.3 Å². The molecule has 0 atom stereocenters. The Hall–Kier alpha value is -1.00. The zero-order valence-corrected chi connectivity index (χ0v) is 6.31. The summed E-state index contributed by atoms with van der Waals surface area (Å²) in [4.78, 5) is 3.86. The molecule has 0 radical (unpaired) electrons. The highest BCUT2D eigenvalue weighted by atomic mass is 35.5. The lowest BCUT2D eigenvalue weighted by Crippen LogP contribution is -1.78. The van der Waals surface area contributed by atoms with E-state index in [2.05, 4.69) is 16.8 Å². The number of hydrogen-bond donors (Lipinski definition) is 0. The molecular weight excluding hydrogens is 146 g/mol. The molecule has 0 aliphatic heterocycles. The van der Waals surface area contributed by atoms with Gasteiger partial charge in [-0.1, -0.05) is 17.5 Å². The molecule has 0 fully saturated rings. The highest BCUT2D eigenvalue weighted by Crippen LogP contribution is 2.08. The van der Waals surface area contributed by atoms with Crippen LogP contribution in [0.2, 0.25) is 5.15 Å². The summed E-state index contributed by atoms with van der Waals surface area (Å²) in [5.74, 6) is 5.58. The van der Waals surface area contributed by atoms with Gasteiger partial charge in [0.25, 0.3) is 0 Å². The molecule has 1 aromatic rings. The Kier molecular flexibility index (Phi) is 2.30. The van der Waals surface area contributed by atoms with Gasteiger partial charge in [0, 0.05) is 6.20 Å². The topological polar surface area (TPSA) is 12.9 Å². The van der Waals surface area contributed by atoms with Gasteiger partial charge in [0.15, 0.2) is 0 Å². The standard InChI is InChI=1S/C8H6ClN/c1-2-4-7-5-3-6-10-8(7)9/h3,5-6H,1H3. The number of nitrogens with zero attached hydrogens (tertiary/aromatic N) is 1. The van der Waals surface area contributed by atoms with E-state index in [0.29, 0.717) is 5.15 Å². The first-order valence-electron chi connectivity index (χ1n) is 2.88. The highest BCUT2D eigenvalue weighted by molar-refractivity contribution is 6.30. The van der Waals surface area contributed by atoms with Gasteiger partial charge in [-0.2, -0.15) is 0 Å². The quantitative estimate of drug-likeness (QED) is 0.409. The average molecular weight is 152 g/mol. The van der Waals surface area contributed by atoms with Gasteiger partial charge in [-0.3, -0.25) is 0 Å². The SMILES string of the molecule is CC#Cc1cccnc1Cl. The van der Waals surface area contributed by atoms with Crippen LogP contribution >= 0.6 is 11.6 Å². The minimum absolute atomic E-state index is 0.469.